The zero-order valence-electron chi connectivity index (χ0n) is 29.2. The maximum Gasteiger partial charge on any atom is 2.00 e. The maximum absolute atomic E-state index is 14.8. The summed E-state index contributed by atoms with van der Waals surface area (Å²) in [5.41, 5.74) is 1.38. The number of hydrogen-bond donors (Lipinski definition) is 0. The Morgan fingerprint density at radius 3 is 0.946 bits per heavy atom. The van der Waals surface area contributed by atoms with Crippen molar-refractivity contribution in [2.24, 2.45) is 10.3 Å². The smallest absolute Gasteiger partial charge is 0.519 e. The summed E-state index contributed by atoms with van der Waals surface area (Å²) in [6.45, 7) is 0. The van der Waals surface area contributed by atoms with E-state index in [-0.39, 0.29) is 21.8 Å². The molecular weight excluding hydrogens is 856 g/mol. The van der Waals surface area contributed by atoms with Crippen LogP contribution in [0.1, 0.15) is 11.1 Å². The average molecular weight is 890 g/mol. The van der Waals surface area contributed by atoms with Gasteiger partial charge in [0, 0.05) is 11.1 Å². The van der Waals surface area contributed by atoms with Gasteiger partial charge in [0.05, 0.1) is 33.6 Å². The fraction of sp³-hybridized carbons (Fsp3) is 0.0256. The normalized spacial score (nSPS) is 11.3. The largest absolute Gasteiger partial charge is 2.00 e. The third-order valence-corrected chi connectivity index (χ3v) is 13.1. The first-order chi connectivity index (χ1) is 26.5. The van der Waals surface area contributed by atoms with Crippen LogP contribution >= 0.6 is 39.0 Å². The topological polar surface area (TPSA) is 43.2 Å². The summed E-state index contributed by atoms with van der Waals surface area (Å²) >= 11 is 9.53. The summed E-state index contributed by atoms with van der Waals surface area (Å²) in [7, 11) is -13.7. The van der Waals surface area contributed by atoms with Gasteiger partial charge in [-0.05, 0) is 72.8 Å². The van der Waals surface area contributed by atoms with E-state index in [4.69, 9.17) is 23.2 Å². The van der Waals surface area contributed by atoms with Crippen LogP contribution in [0, 0.1) is 0 Å². The van der Waals surface area contributed by atoms with Gasteiger partial charge < -0.3 is 35.4 Å². The van der Waals surface area contributed by atoms with Crippen molar-refractivity contribution in [2.45, 2.75) is 0 Å². The third-order valence-electron chi connectivity index (χ3n) is 7.46. The van der Waals surface area contributed by atoms with Crippen LogP contribution < -0.4 is 31.8 Å². The van der Waals surface area contributed by atoms with Crippen molar-refractivity contribution in [3.8, 4) is 0 Å². The van der Waals surface area contributed by atoms with Crippen LogP contribution in [0.2, 0.25) is 0 Å². The van der Waals surface area contributed by atoms with Gasteiger partial charge >= 0.3 is 30.9 Å². The Hall–Kier alpha value is -4.10. The summed E-state index contributed by atoms with van der Waals surface area (Å²) < 4.78 is 77.8. The molecule has 0 N–H and O–H groups in total. The summed E-state index contributed by atoms with van der Waals surface area (Å²) in [5.74, 6) is 0. The van der Waals surface area contributed by atoms with E-state index in [1.807, 2.05) is 121 Å². The van der Waals surface area contributed by atoms with Crippen LogP contribution in [0.3, 0.4) is 0 Å². The number of oxime groups is 2. The van der Waals surface area contributed by atoms with Crippen LogP contribution in [-0.2, 0) is 26.0 Å². The molecule has 6 aromatic carbocycles. The Morgan fingerprint density at radius 2 is 0.679 bits per heavy atom. The van der Waals surface area contributed by atoms with Crippen molar-refractivity contribution in [3.05, 3.63) is 181 Å². The number of benzene rings is 6. The summed E-state index contributed by atoms with van der Waals surface area (Å²) in [6, 6.07) is 56.0. The van der Waals surface area contributed by atoms with Gasteiger partial charge in [0.2, 0.25) is 0 Å². The average Bonchev–Trinajstić information content (AvgIpc) is 3.18. The monoisotopic (exact) mass is 888 g/mol. The van der Waals surface area contributed by atoms with E-state index in [0.29, 0.717) is 11.1 Å². The first-order valence-corrected chi connectivity index (χ1v) is 20.6. The fourth-order valence-electron chi connectivity index (χ4n) is 5.38. The van der Waals surface area contributed by atoms with Gasteiger partial charge in [-0.2, -0.15) is 0 Å². The van der Waals surface area contributed by atoms with Crippen LogP contribution in [0.25, 0.3) is 0 Å². The molecule has 0 aliphatic carbocycles. The van der Waals surface area contributed by atoms with Crippen molar-refractivity contribution in [3.63, 3.8) is 0 Å². The molecule has 4 nitrogen and oxygen atoms in total. The fourth-order valence-corrected chi connectivity index (χ4v) is 10.8. The second-order valence-electron chi connectivity index (χ2n) is 11.2. The van der Waals surface area contributed by atoms with E-state index in [1.165, 1.54) is 33.6 Å². The molecule has 292 valence electrons. The Bertz CT molecular complexity index is 1860. The number of halogens is 8. The molecule has 0 bridgehead atoms. The van der Waals surface area contributed by atoms with E-state index in [0.717, 1.165) is 10.6 Å². The molecule has 56 heavy (non-hydrogen) atoms. The molecule has 0 aliphatic heterocycles. The minimum atomic E-state index is -6.00. The summed E-state index contributed by atoms with van der Waals surface area (Å²) in [6.07, 6.45) is 2.64. The molecule has 0 heterocycles. The van der Waals surface area contributed by atoms with E-state index >= 15 is 0 Å². The molecule has 0 saturated heterocycles. The molecule has 6 rings (SSSR count). The number of nitrogens with zero attached hydrogens (tertiary/aromatic N) is 2. The van der Waals surface area contributed by atoms with Gasteiger partial charge in [-0.1, -0.05) is 97.1 Å². The maximum atomic E-state index is 14.8. The molecule has 6 aromatic rings. The van der Waals surface area contributed by atoms with Crippen molar-refractivity contribution in [1.82, 2.24) is 0 Å². The molecular formula is C39H34B2Cl2F6N2NiO2P2+2. The molecule has 0 aliphatic rings. The molecule has 0 atom stereocenters. The second-order valence-corrected chi connectivity index (χ2v) is 16.9. The van der Waals surface area contributed by atoms with Crippen molar-refractivity contribution >= 4 is 97.7 Å². The Morgan fingerprint density at radius 1 is 0.446 bits per heavy atom. The molecule has 0 amide bonds. The van der Waals surface area contributed by atoms with Gasteiger partial charge in [-0.25, -0.2) is 0 Å². The number of rotatable bonds is 12. The molecule has 0 aromatic heterocycles. The molecule has 0 saturated carbocycles. The second kappa shape index (κ2) is 23.9. The summed E-state index contributed by atoms with van der Waals surface area (Å²) in [5, 5.41) is 14.2. The minimum Gasteiger partial charge on any atom is -0.519 e. The zero-order valence-corrected chi connectivity index (χ0v) is 33.7. The molecule has 0 spiro atoms. The van der Waals surface area contributed by atoms with Gasteiger partial charge in [-0.15, -0.1) is 33.5 Å². The van der Waals surface area contributed by atoms with Gasteiger partial charge in [0.1, 0.15) is 31.8 Å². The predicted octanol–water partition coefficient (Wildman–Crippen LogP) is 9.16. The van der Waals surface area contributed by atoms with E-state index in [9.17, 15) is 25.9 Å². The number of hydrogen-bond acceptors (Lipinski definition) is 4. The summed E-state index contributed by atoms with van der Waals surface area (Å²) in [4.78, 5) is 0. The third kappa shape index (κ3) is 15.4. The molecule has 0 unspecified atom stereocenters. The van der Waals surface area contributed by atoms with E-state index in [1.54, 1.807) is 0 Å². The Labute approximate surface area is 344 Å². The van der Waals surface area contributed by atoms with Crippen LogP contribution in [-0.4, -0.2) is 32.1 Å². The van der Waals surface area contributed by atoms with Gasteiger partial charge in [-0.3, -0.25) is 0 Å². The minimum absolute atomic E-state index is 0. The van der Waals surface area contributed by atoms with Crippen LogP contribution in [0.4, 0.5) is 25.9 Å². The van der Waals surface area contributed by atoms with Gasteiger partial charge in [0.15, 0.2) is 0 Å². The SMILES string of the molecule is ClCCl.F[B-](F)(F)F.F[B-](F)(O/N=C/c1ccccc1[PH+](c1ccccc1)c1ccccc1)O/N=C/c1ccccc1[PH+](c1ccccc1)c1ccccc1.[Ni+2]. The van der Waals surface area contributed by atoms with Gasteiger partial charge in [0.25, 0.3) is 0 Å². The van der Waals surface area contributed by atoms with Crippen molar-refractivity contribution in [1.29, 1.82) is 0 Å². The Kier molecular flexibility index (Phi) is 19.7. The van der Waals surface area contributed by atoms with Crippen molar-refractivity contribution in [2.75, 3.05) is 5.34 Å². The molecule has 17 heteroatoms. The Balaban J connectivity index is 0.000000855. The standard InChI is InChI=1S/C38H30BF2N2O2P2.CH2Cl2.BF4.Ni/c40-39(41,44-42-29-31-17-13-15-27-37(31)46(33-19-5-1-6-20-33)34-21-7-2-8-22-34)45-43-30-32-18-14-16-28-38(32)47(35-23-9-3-10-24-35)36-25-11-4-12-26-36;2-1-3;2-1(3,4)5;/h1-30H;1H2;;/q-1;;-1;+2/p+2/b42-29+,43-30+;;;. The number of alkyl halides is 2. The molecule has 0 radical (unpaired) electrons. The van der Waals surface area contributed by atoms with E-state index in [2.05, 4.69) is 68.4 Å². The first kappa shape index (κ1) is 46.3. The van der Waals surface area contributed by atoms with E-state index < -0.39 is 30.2 Å². The first-order valence-electron chi connectivity index (χ1n) is 16.6. The molecule has 0 fully saturated rings. The zero-order chi connectivity index (χ0) is 39.5. The van der Waals surface area contributed by atoms with Crippen molar-refractivity contribution < 1.29 is 51.9 Å². The van der Waals surface area contributed by atoms with Crippen LogP contribution in [0.5, 0.6) is 0 Å². The quantitative estimate of drug-likeness (QED) is 0.0308. The van der Waals surface area contributed by atoms with Crippen LogP contribution in [0.15, 0.2) is 180 Å². The predicted molar refractivity (Wildman–Crippen MR) is 225 cm³/mol.